The molecule has 3 aliphatic heterocycles. The molecule has 3 amide bonds. The second-order valence-corrected chi connectivity index (χ2v) is 25.7. The number of carbonyl (C=O) groups excluding carboxylic acids is 6. The van der Waals surface area contributed by atoms with Gasteiger partial charge in [0.25, 0.3) is 0 Å². The molecular weight excluding hydrogens is 1410 g/mol. The predicted molar refractivity (Wildman–Crippen MR) is 358 cm³/mol. The van der Waals surface area contributed by atoms with Gasteiger partial charge in [0, 0.05) is 88.3 Å². The van der Waals surface area contributed by atoms with Gasteiger partial charge in [0.2, 0.25) is 17.7 Å². The second-order valence-electron chi connectivity index (χ2n) is 23.0. The van der Waals surface area contributed by atoms with Crippen LogP contribution >= 0.6 is 35.3 Å². The van der Waals surface area contributed by atoms with Crippen molar-refractivity contribution in [3.63, 3.8) is 0 Å². The van der Waals surface area contributed by atoms with Crippen molar-refractivity contribution < 1.29 is 157 Å². The fourth-order valence-electron chi connectivity index (χ4n) is 9.48. The van der Waals surface area contributed by atoms with Crippen molar-refractivity contribution in [1.29, 1.82) is 0 Å². The van der Waals surface area contributed by atoms with Crippen LogP contribution < -0.4 is 31.9 Å². The van der Waals surface area contributed by atoms with Gasteiger partial charge < -0.3 is 141 Å². The highest BCUT2D eigenvalue weighted by molar-refractivity contribution is 7.99. The van der Waals surface area contributed by atoms with Gasteiger partial charge in [-0.3, -0.25) is 43.2 Å². The minimum Gasteiger partial charge on any atom is -0.481 e. The molecule has 0 bridgehead atoms. The van der Waals surface area contributed by atoms with Crippen LogP contribution in [0.15, 0.2) is 0 Å². The van der Waals surface area contributed by atoms with Crippen LogP contribution in [-0.4, -0.2) is 373 Å². The predicted octanol–water partition coefficient (Wildman–Crippen LogP) is -7.04. The average molecular weight is 1520 g/mol. The maximum absolute atomic E-state index is 12.3. The van der Waals surface area contributed by atoms with Crippen molar-refractivity contribution in [2.24, 2.45) is 17.8 Å². The average Bonchev–Trinajstić information content (AvgIpc) is 0.837. The molecule has 3 aliphatic rings. The number of likely N-dealkylation sites (N-methyl/N-ethyl adjacent to an activating group) is 3. The maximum atomic E-state index is 12.3. The number of hydrogen-bond donors (Lipinski definition) is 19. The van der Waals surface area contributed by atoms with Crippen LogP contribution in [0.25, 0.3) is 0 Å². The Morgan fingerprint density at radius 2 is 0.762 bits per heavy atom. The Hall–Kier alpha value is -4.49. The van der Waals surface area contributed by atoms with Gasteiger partial charge in [-0.05, 0) is 39.9 Å². The molecule has 3 fully saturated rings. The molecule has 41 heteroatoms. The topological polar surface area (TPSA) is 589 Å². The van der Waals surface area contributed by atoms with Crippen LogP contribution in [0, 0.1) is 17.8 Å². The number of aliphatic hydroxyl groups excluding tert-OH is 9. The van der Waals surface area contributed by atoms with Crippen molar-refractivity contribution >= 4 is 94.2 Å². The summed E-state index contributed by atoms with van der Waals surface area (Å²) in [5, 5.41) is 139. The van der Waals surface area contributed by atoms with Crippen molar-refractivity contribution in [3.05, 3.63) is 0 Å². The van der Waals surface area contributed by atoms with E-state index in [1.54, 1.807) is 39.9 Å². The summed E-state index contributed by atoms with van der Waals surface area (Å²) in [5.74, 6) is -7.77. The highest BCUT2D eigenvalue weighted by Gasteiger charge is 2.45. The number of aliphatic carboxylic acids is 4. The third-order valence-corrected chi connectivity index (χ3v) is 17.7. The van der Waals surface area contributed by atoms with Gasteiger partial charge in [-0.25, -0.2) is 4.79 Å². The van der Waals surface area contributed by atoms with Gasteiger partial charge in [-0.2, -0.15) is 35.3 Å². The van der Waals surface area contributed by atoms with Crippen molar-refractivity contribution in [2.45, 2.75) is 149 Å². The largest absolute Gasteiger partial charge is 0.481 e. The Morgan fingerprint density at radius 1 is 0.426 bits per heavy atom. The van der Waals surface area contributed by atoms with E-state index in [2.05, 4.69) is 31.9 Å². The number of carboxylic acids is 4. The first-order valence-electron chi connectivity index (χ1n) is 32.3. The van der Waals surface area contributed by atoms with E-state index in [9.17, 15) is 99.0 Å². The molecule has 38 nitrogen and oxygen atoms in total. The lowest BCUT2D eigenvalue weighted by molar-refractivity contribution is -0.302. The van der Waals surface area contributed by atoms with E-state index in [4.69, 9.17) is 58.0 Å². The Bertz CT molecular complexity index is 2440. The Morgan fingerprint density at radius 3 is 1.09 bits per heavy atom. The molecule has 0 spiro atoms. The van der Waals surface area contributed by atoms with Gasteiger partial charge in [0.1, 0.15) is 42.7 Å². The zero-order valence-corrected chi connectivity index (χ0v) is 59.9. The standard InChI is InChI=1S/C20H34N2O11S.C20H36N2O11S.C20H36N2O10S/c1-21-12(13(23)7-11(10-34-2)19(27)28)9-22-15(25)3-4-31-5-6-32-16-8-14(24)17(26)18(33-16)20(29)30;1-21-12(13(24)7-11(10-34-2)19(29)30)8-22-15(25)3-4-31-5-6-32-20-18(28)17(27)16(26)14(9-23)33-20;1-21-13(14(24)7-12(11-33-2)20(28)29)9-22-17(26)3-4-30-5-6-31-18-8-15(25)19(27)16(10-23)32-18/h11-12,14,16-18,21,24,26H,3-10H2,1-2H3,(H,22,25)(H,27,28)(H,29,30);11-12,14,16-18,20-21,23,26-28H,3-10H2,1-2H3,(H,22,25)(H,29,30);12-13,15-16,18-19,21,23,25,27H,3-11H2,1-2H3,(H,22,26)(H,28,29)/t11-,12+,14-,16?,17?,18?;11-,12+,14?,16?,17+,18-,20?;12-,13+,15-,16?,18?,19?/m111/s1. The van der Waals surface area contributed by atoms with E-state index in [1.807, 2.05) is 0 Å². The Balaban J connectivity index is 0.000000758. The van der Waals surface area contributed by atoms with Gasteiger partial charge in [0.05, 0.1) is 121 Å². The second kappa shape index (κ2) is 54.2. The minimum absolute atomic E-state index is 0.00883. The fraction of sp³-hybridized carbons (Fsp3) is 0.833. The molecule has 586 valence electrons. The Kier molecular flexibility index (Phi) is 50.7. The summed E-state index contributed by atoms with van der Waals surface area (Å²) in [6.45, 7) is -0.306. The van der Waals surface area contributed by atoms with Gasteiger partial charge in [-0.15, -0.1) is 0 Å². The molecule has 19 atom stereocenters. The molecule has 3 heterocycles. The summed E-state index contributed by atoms with van der Waals surface area (Å²) < 4.78 is 47.5. The molecular formula is C60H106N6O32S3. The van der Waals surface area contributed by atoms with Crippen molar-refractivity contribution in [2.75, 3.05) is 149 Å². The van der Waals surface area contributed by atoms with Crippen LogP contribution in [0.5, 0.6) is 0 Å². The number of carboxylic acid groups (broad SMARTS) is 4. The van der Waals surface area contributed by atoms with Gasteiger partial charge >= 0.3 is 23.9 Å². The molecule has 0 aromatic carbocycles. The minimum atomic E-state index is -1.59. The monoisotopic (exact) mass is 1520 g/mol. The lowest BCUT2D eigenvalue weighted by Crippen LogP contribution is -2.59. The van der Waals surface area contributed by atoms with Crippen LogP contribution in [0.3, 0.4) is 0 Å². The molecule has 9 unspecified atom stereocenters. The number of rotatable bonds is 51. The number of aliphatic hydroxyl groups is 9. The summed E-state index contributed by atoms with van der Waals surface area (Å²) >= 11 is 4.05. The molecule has 3 saturated heterocycles. The molecule has 3 rings (SSSR count). The van der Waals surface area contributed by atoms with E-state index < -0.39 is 153 Å². The number of hydrogen-bond acceptors (Lipinski definition) is 34. The number of ether oxygens (including phenoxy) is 9. The smallest absolute Gasteiger partial charge is 0.335 e. The van der Waals surface area contributed by atoms with E-state index in [1.165, 1.54) is 35.3 Å². The molecule has 0 saturated carbocycles. The molecule has 101 heavy (non-hydrogen) atoms. The third kappa shape index (κ3) is 37.9. The van der Waals surface area contributed by atoms with Crippen LogP contribution in [0.2, 0.25) is 0 Å². The first kappa shape index (κ1) is 94.5. The number of amides is 3. The third-order valence-electron chi connectivity index (χ3n) is 15.5. The van der Waals surface area contributed by atoms with E-state index in [0.717, 1.165) is 0 Å². The van der Waals surface area contributed by atoms with Gasteiger partial charge in [-0.1, -0.05) is 0 Å². The van der Waals surface area contributed by atoms with Crippen molar-refractivity contribution in [3.8, 4) is 0 Å². The lowest BCUT2D eigenvalue weighted by atomic mass is 9.99. The van der Waals surface area contributed by atoms with Gasteiger partial charge in [0.15, 0.2) is 42.3 Å². The van der Waals surface area contributed by atoms with E-state index in [0.29, 0.717) is 17.3 Å². The number of ketones is 3. The van der Waals surface area contributed by atoms with Crippen LogP contribution in [0.4, 0.5) is 0 Å². The lowest BCUT2D eigenvalue weighted by Gasteiger charge is -2.39. The number of thioether (sulfide) groups is 3. The molecule has 0 radical (unpaired) electrons. The van der Waals surface area contributed by atoms with E-state index >= 15 is 0 Å². The highest BCUT2D eigenvalue weighted by atomic mass is 32.2. The Labute approximate surface area is 597 Å². The highest BCUT2D eigenvalue weighted by Crippen LogP contribution is 2.25. The number of Topliss-reactive ketones (excluding diaryl/α,β-unsaturated/α-hetero) is 3. The molecule has 19 N–H and O–H groups in total. The first-order chi connectivity index (χ1) is 48.0. The molecule has 0 aliphatic carbocycles. The van der Waals surface area contributed by atoms with Crippen molar-refractivity contribution in [1.82, 2.24) is 31.9 Å². The quantitative estimate of drug-likeness (QED) is 0.0252. The number of nitrogens with one attached hydrogen (secondary N) is 6. The van der Waals surface area contributed by atoms with E-state index in [-0.39, 0.29) is 166 Å². The normalized spacial score (nSPS) is 25.2. The number of carbonyl (C=O) groups is 10. The summed E-state index contributed by atoms with van der Waals surface area (Å²) in [4.78, 5) is 118. The zero-order valence-electron chi connectivity index (χ0n) is 57.4. The SMILES string of the molecule is CN[C@@H](CNC(=O)CCOCCOC1C[C@@H](O)C(O)C(C(=O)O)O1)C(=O)C[C@H](CSC)C(=O)O.CN[C@@H](CNC(=O)CCOCCOC1C[C@@H](O)C(O)C(CO)O1)C(=O)C[C@H](CSC)C(=O)O.CN[C@@H](CNC(=O)CCOCCOC1OC(CO)C(O)[C@H](O)[C@H]1O)C(=O)C[C@H](CSC)C(=O)O. The summed E-state index contributed by atoms with van der Waals surface area (Å²) in [7, 11) is 4.68. The molecule has 0 aromatic rings. The first-order valence-corrected chi connectivity index (χ1v) is 36.5. The summed E-state index contributed by atoms with van der Waals surface area (Å²) in [5.41, 5.74) is 0. The summed E-state index contributed by atoms with van der Waals surface area (Å²) in [6.07, 6.45) is -11.2. The fourth-order valence-corrected chi connectivity index (χ4v) is 11.5. The summed E-state index contributed by atoms with van der Waals surface area (Å²) in [6, 6.07) is -2.10. The maximum Gasteiger partial charge on any atom is 0.335 e. The zero-order chi connectivity index (χ0) is 76.1. The molecule has 0 aromatic heterocycles. The van der Waals surface area contributed by atoms with Crippen LogP contribution in [0.1, 0.15) is 51.4 Å². The van der Waals surface area contributed by atoms with Crippen LogP contribution in [-0.2, 0) is 90.6 Å².